The number of nitrogens with zero attached hydrogens (tertiary/aromatic N) is 1. The van der Waals surface area contributed by atoms with Crippen molar-refractivity contribution >= 4 is 11.6 Å². The molecule has 0 spiro atoms. The van der Waals surface area contributed by atoms with E-state index in [0.717, 1.165) is 30.3 Å². The molecule has 94 valence electrons. The van der Waals surface area contributed by atoms with Crippen molar-refractivity contribution in [3.63, 3.8) is 0 Å². The molecule has 17 heavy (non-hydrogen) atoms. The Morgan fingerprint density at radius 2 is 2.35 bits per heavy atom. The first kappa shape index (κ1) is 12.8. The van der Waals surface area contributed by atoms with Gasteiger partial charge < -0.3 is 10.1 Å². The van der Waals surface area contributed by atoms with E-state index in [2.05, 4.69) is 10.3 Å². The molecule has 1 N–H and O–H groups in total. The zero-order valence-corrected chi connectivity index (χ0v) is 11.0. The van der Waals surface area contributed by atoms with Crippen LogP contribution in [0.2, 0.25) is 5.02 Å². The van der Waals surface area contributed by atoms with Crippen LogP contribution in [0.15, 0.2) is 18.5 Å². The van der Waals surface area contributed by atoms with Crippen LogP contribution in [0, 0.1) is 5.41 Å². The Balaban J connectivity index is 1.81. The average Bonchev–Trinajstić information content (AvgIpc) is 2.28. The highest BCUT2D eigenvalue weighted by Crippen LogP contribution is 2.40. The van der Waals surface area contributed by atoms with E-state index in [1.807, 2.05) is 12.3 Å². The molecule has 0 atom stereocenters. The van der Waals surface area contributed by atoms with E-state index in [1.165, 1.54) is 19.3 Å². The Kier molecular flexibility index (Phi) is 4.37. The predicted molar refractivity (Wildman–Crippen MR) is 69.1 cm³/mol. The van der Waals surface area contributed by atoms with Crippen molar-refractivity contribution in [2.24, 2.45) is 5.41 Å². The first-order valence-corrected chi connectivity index (χ1v) is 6.42. The number of hydrogen-bond acceptors (Lipinski definition) is 3. The largest absolute Gasteiger partial charge is 0.384 e. The molecule has 1 aromatic rings. The number of nitrogens with one attached hydrogen (secondary N) is 1. The molecular formula is C13H19ClN2O. The van der Waals surface area contributed by atoms with Gasteiger partial charge in [-0.1, -0.05) is 18.0 Å². The Morgan fingerprint density at radius 3 is 2.94 bits per heavy atom. The molecule has 0 radical (unpaired) electrons. The summed E-state index contributed by atoms with van der Waals surface area (Å²) in [6, 6.07) is 1.83. The molecule has 0 bridgehead atoms. The molecule has 1 aliphatic rings. The third-order valence-corrected chi connectivity index (χ3v) is 3.89. The first-order chi connectivity index (χ1) is 8.26. The molecule has 1 aliphatic carbocycles. The summed E-state index contributed by atoms with van der Waals surface area (Å²) in [6.45, 7) is 2.62. The molecule has 1 fully saturated rings. The summed E-state index contributed by atoms with van der Waals surface area (Å²) in [5.41, 5.74) is 1.41. The maximum absolute atomic E-state index is 6.08. The summed E-state index contributed by atoms with van der Waals surface area (Å²) < 4.78 is 5.30. The lowest BCUT2D eigenvalue weighted by Gasteiger charge is -2.41. The molecular weight excluding hydrogens is 236 g/mol. The van der Waals surface area contributed by atoms with Gasteiger partial charge in [0.2, 0.25) is 0 Å². The number of pyridine rings is 1. The minimum Gasteiger partial charge on any atom is -0.384 e. The quantitative estimate of drug-likeness (QED) is 0.848. The van der Waals surface area contributed by atoms with Crippen molar-refractivity contribution < 1.29 is 4.74 Å². The van der Waals surface area contributed by atoms with E-state index in [1.54, 1.807) is 13.3 Å². The lowest BCUT2D eigenvalue weighted by Crippen LogP contribution is -2.43. The van der Waals surface area contributed by atoms with Gasteiger partial charge in [0.1, 0.15) is 0 Å². The third-order valence-electron chi connectivity index (χ3n) is 3.52. The van der Waals surface area contributed by atoms with Gasteiger partial charge in [0.25, 0.3) is 0 Å². The number of hydrogen-bond donors (Lipinski definition) is 1. The van der Waals surface area contributed by atoms with Crippen molar-refractivity contribution in [3.8, 4) is 0 Å². The van der Waals surface area contributed by atoms with E-state index < -0.39 is 0 Å². The SMILES string of the molecule is COCC1(CNCc2cnccc2Cl)CCC1. The number of aromatic nitrogens is 1. The molecule has 0 unspecified atom stereocenters. The molecule has 0 amide bonds. The second kappa shape index (κ2) is 5.80. The Hall–Kier alpha value is -0.640. The molecule has 2 rings (SSSR count). The van der Waals surface area contributed by atoms with Gasteiger partial charge >= 0.3 is 0 Å². The van der Waals surface area contributed by atoms with Crippen molar-refractivity contribution in [2.75, 3.05) is 20.3 Å². The van der Waals surface area contributed by atoms with Crippen LogP contribution in [0.1, 0.15) is 24.8 Å². The summed E-state index contributed by atoms with van der Waals surface area (Å²) in [7, 11) is 1.78. The molecule has 1 saturated carbocycles. The van der Waals surface area contributed by atoms with Crippen molar-refractivity contribution in [1.82, 2.24) is 10.3 Å². The molecule has 1 heterocycles. The lowest BCUT2D eigenvalue weighted by atomic mass is 9.69. The summed E-state index contributed by atoms with van der Waals surface area (Å²) >= 11 is 6.08. The number of halogens is 1. The topological polar surface area (TPSA) is 34.1 Å². The smallest absolute Gasteiger partial charge is 0.0530 e. The number of rotatable bonds is 6. The van der Waals surface area contributed by atoms with Crippen LogP contribution < -0.4 is 5.32 Å². The standard InChI is InChI=1S/C13H19ClN2O/c1-17-10-13(4-2-5-13)9-16-8-11-7-15-6-3-12(11)14/h3,6-7,16H,2,4-5,8-10H2,1H3. The van der Waals surface area contributed by atoms with Crippen molar-refractivity contribution in [2.45, 2.75) is 25.8 Å². The van der Waals surface area contributed by atoms with Gasteiger partial charge in [-0.05, 0) is 18.9 Å². The zero-order valence-electron chi connectivity index (χ0n) is 10.2. The van der Waals surface area contributed by atoms with Crippen LogP contribution in [0.3, 0.4) is 0 Å². The van der Waals surface area contributed by atoms with Crippen LogP contribution >= 0.6 is 11.6 Å². The Bertz CT molecular complexity index is 366. The monoisotopic (exact) mass is 254 g/mol. The molecule has 0 aromatic carbocycles. The van der Waals surface area contributed by atoms with Crippen LogP contribution in [0.4, 0.5) is 0 Å². The number of methoxy groups -OCH3 is 1. The predicted octanol–water partition coefficient (Wildman–Crippen LogP) is 2.64. The highest BCUT2D eigenvalue weighted by Gasteiger charge is 2.36. The van der Waals surface area contributed by atoms with E-state index in [4.69, 9.17) is 16.3 Å². The van der Waals surface area contributed by atoms with Gasteiger partial charge in [-0.2, -0.15) is 0 Å². The molecule has 1 aromatic heterocycles. The van der Waals surface area contributed by atoms with E-state index in [-0.39, 0.29) is 0 Å². The zero-order chi connectivity index (χ0) is 12.1. The van der Waals surface area contributed by atoms with Crippen molar-refractivity contribution in [3.05, 3.63) is 29.0 Å². The molecule has 4 heteroatoms. The number of ether oxygens (including phenoxy) is 1. The van der Waals surface area contributed by atoms with E-state index in [0.29, 0.717) is 5.41 Å². The van der Waals surface area contributed by atoms with Crippen LogP contribution in [-0.2, 0) is 11.3 Å². The van der Waals surface area contributed by atoms with Crippen LogP contribution in [0.5, 0.6) is 0 Å². The maximum Gasteiger partial charge on any atom is 0.0530 e. The van der Waals surface area contributed by atoms with E-state index >= 15 is 0 Å². The summed E-state index contributed by atoms with van der Waals surface area (Å²) in [5, 5.41) is 4.25. The second-order valence-corrected chi connectivity index (χ2v) is 5.26. The lowest BCUT2D eigenvalue weighted by molar-refractivity contribution is 0.0177. The van der Waals surface area contributed by atoms with Gasteiger partial charge in [-0.25, -0.2) is 0 Å². The van der Waals surface area contributed by atoms with Crippen LogP contribution in [0.25, 0.3) is 0 Å². The summed E-state index contributed by atoms with van der Waals surface area (Å²) in [5.74, 6) is 0. The maximum atomic E-state index is 6.08. The summed E-state index contributed by atoms with van der Waals surface area (Å²) in [4.78, 5) is 4.08. The normalized spacial score (nSPS) is 17.8. The third kappa shape index (κ3) is 3.18. The fourth-order valence-corrected chi connectivity index (χ4v) is 2.53. The minimum atomic E-state index is 0.351. The average molecular weight is 255 g/mol. The van der Waals surface area contributed by atoms with Gasteiger partial charge in [0.05, 0.1) is 6.61 Å². The molecule has 0 saturated heterocycles. The van der Waals surface area contributed by atoms with Gasteiger partial charge in [-0.15, -0.1) is 0 Å². The van der Waals surface area contributed by atoms with E-state index in [9.17, 15) is 0 Å². The highest BCUT2D eigenvalue weighted by molar-refractivity contribution is 6.31. The minimum absolute atomic E-state index is 0.351. The summed E-state index contributed by atoms with van der Waals surface area (Å²) in [6.07, 6.45) is 7.37. The Morgan fingerprint density at radius 1 is 1.53 bits per heavy atom. The van der Waals surface area contributed by atoms with Gasteiger partial charge in [-0.3, -0.25) is 4.98 Å². The fourth-order valence-electron chi connectivity index (χ4n) is 2.36. The van der Waals surface area contributed by atoms with Crippen molar-refractivity contribution in [1.29, 1.82) is 0 Å². The molecule has 0 aliphatic heterocycles. The fraction of sp³-hybridized carbons (Fsp3) is 0.615. The first-order valence-electron chi connectivity index (χ1n) is 6.04. The van der Waals surface area contributed by atoms with Gasteiger partial charge in [0, 0.05) is 48.6 Å². The molecule has 3 nitrogen and oxygen atoms in total. The Labute approximate surface area is 108 Å². The second-order valence-electron chi connectivity index (χ2n) is 4.86. The highest BCUT2D eigenvalue weighted by atomic mass is 35.5. The van der Waals surface area contributed by atoms with Gasteiger partial charge in [0.15, 0.2) is 0 Å². The van der Waals surface area contributed by atoms with Crippen LogP contribution in [-0.4, -0.2) is 25.2 Å².